The van der Waals surface area contributed by atoms with E-state index >= 15 is 0 Å². The molecule has 5 heteroatoms. The molecule has 0 aliphatic carbocycles. The number of rotatable bonds is 4. The molecule has 124 valence electrons. The van der Waals surface area contributed by atoms with Crippen LogP contribution in [0.1, 0.15) is 12.0 Å². The maximum atomic E-state index is 13.2. The third kappa shape index (κ3) is 1.73. The largest absolute Gasteiger partial charge is 0.481 e. The van der Waals surface area contributed by atoms with Gasteiger partial charge in [0.15, 0.2) is 0 Å². The molecule has 1 aromatic rings. The highest BCUT2D eigenvalue weighted by Gasteiger charge is 2.71. The molecule has 4 rings (SSSR count). The fourth-order valence-electron chi connectivity index (χ4n) is 4.50. The first-order chi connectivity index (χ1) is 11.5. The number of hydrogen-bond acceptors (Lipinski definition) is 3. The predicted molar refractivity (Wildman–Crippen MR) is 88.6 cm³/mol. The molecule has 3 aliphatic rings. The molecule has 1 spiro atoms. The number of para-hydroxylation sites is 1. The Morgan fingerprint density at radius 2 is 2.21 bits per heavy atom. The molecule has 5 atom stereocenters. The van der Waals surface area contributed by atoms with Gasteiger partial charge in [0.25, 0.3) is 0 Å². The minimum atomic E-state index is -0.978. The van der Waals surface area contributed by atoms with E-state index in [4.69, 9.17) is 4.74 Å². The molecule has 5 nitrogen and oxygen atoms in total. The summed E-state index contributed by atoms with van der Waals surface area (Å²) in [5.74, 6) is -2.66. The molecule has 1 N–H and O–H groups in total. The van der Waals surface area contributed by atoms with Crippen LogP contribution in [-0.2, 0) is 14.3 Å². The lowest BCUT2D eigenvalue weighted by atomic mass is 9.74. The number of nitrogens with zero attached hydrogens (tertiary/aromatic N) is 1. The topological polar surface area (TPSA) is 66.8 Å². The van der Waals surface area contributed by atoms with Crippen molar-refractivity contribution in [3.05, 3.63) is 54.6 Å². The Morgan fingerprint density at radius 3 is 2.88 bits per heavy atom. The number of aryl methyl sites for hydroxylation is 1. The number of carboxylic acids is 1. The number of anilines is 1. The molecule has 2 bridgehead atoms. The van der Waals surface area contributed by atoms with Gasteiger partial charge in [-0.2, -0.15) is 0 Å². The number of hydrogen-bond donors (Lipinski definition) is 1. The number of amides is 1. The zero-order valence-electron chi connectivity index (χ0n) is 13.4. The first kappa shape index (κ1) is 15.1. The maximum absolute atomic E-state index is 13.2. The SMILES string of the molecule is C=CC[C@H]1N(c2ccccc2C)C(=O)[C@@H]2[C@@H](C(=O)O)[C@H]3C=C[C@]21O3. The monoisotopic (exact) mass is 325 g/mol. The van der Waals surface area contributed by atoms with E-state index in [2.05, 4.69) is 6.58 Å². The minimum Gasteiger partial charge on any atom is -0.481 e. The lowest BCUT2D eigenvalue weighted by Gasteiger charge is -2.33. The van der Waals surface area contributed by atoms with E-state index in [0.717, 1.165) is 11.3 Å². The second-order valence-electron chi connectivity index (χ2n) is 6.67. The molecule has 1 aromatic carbocycles. The summed E-state index contributed by atoms with van der Waals surface area (Å²) in [7, 11) is 0. The number of benzene rings is 1. The number of carboxylic acid groups (broad SMARTS) is 1. The third-order valence-electron chi connectivity index (χ3n) is 5.47. The quantitative estimate of drug-likeness (QED) is 0.863. The average Bonchev–Trinajstić information content (AvgIpc) is 3.18. The van der Waals surface area contributed by atoms with Crippen LogP contribution < -0.4 is 4.90 Å². The summed E-state index contributed by atoms with van der Waals surface area (Å²) in [4.78, 5) is 26.7. The minimum absolute atomic E-state index is 0.171. The van der Waals surface area contributed by atoms with Crippen molar-refractivity contribution in [2.24, 2.45) is 11.8 Å². The van der Waals surface area contributed by atoms with Crippen molar-refractivity contribution in [3.8, 4) is 0 Å². The van der Waals surface area contributed by atoms with Crippen molar-refractivity contribution in [2.75, 3.05) is 4.90 Å². The van der Waals surface area contributed by atoms with Gasteiger partial charge in [-0.25, -0.2) is 0 Å². The molecule has 3 aliphatic heterocycles. The first-order valence-corrected chi connectivity index (χ1v) is 8.11. The molecule has 0 aromatic heterocycles. The summed E-state index contributed by atoms with van der Waals surface area (Å²) in [6.07, 6.45) is 5.47. The highest BCUT2D eigenvalue weighted by atomic mass is 16.5. The molecule has 24 heavy (non-hydrogen) atoms. The highest BCUT2D eigenvalue weighted by molar-refractivity contribution is 6.03. The van der Waals surface area contributed by atoms with E-state index in [1.165, 1.54) is 0 Å². The predicted octanol–water partition coefficient (Wildman–Crippen LogP) is 2.31. The first-order valence-electron chi connectivity index (χ1n) is 8.11. The summed E-state index contributed by atoms with van der Waals surface area (Å²) in [5, 5.41) is 9.62. The van der Waals surface area contributed by atoms with E-state index in [9.17, 15) is 14.7 Å². The Kier molecular flexibility index (Phi) is 3.18. The summed E-state index contributed by atoms with van der Waals surface area (Å²) < 4.78 is 6.08. The number of ether oxygens (including phenoxy) is 1. The Morgan fingerprint density at radius 1 is 1.46 bits per heavy atom. The highest BCUT2D eigenvalue weighted by Crippen LogP contribution is 2.56. The summed E-state index contributed by atoms with van der Waals surface area (Å²) >= 11 is 0. The normalized spacial score (nSPS) is 36.2. The fourth-order valence-corrected chi connectivity index (χ4v) is 4.50. The standard InChI is InChI=1S/C19H19NO4/c1-3-6-14-19-10-9-13(24-19)15(18(22)23)16(19)17(21)20(14)12-8-5-4-7-11(12)2/h3-5,7-10,13-16H,1,6H2,2H3,(H,22,23)/t13-,14-,15+,16+,19-/m1/s1. The van der Waals surface area contributed by atoms with Crippen LogP contribution in [0.5, 0.6) is 0 Å². The molecule has 1 amide bonds. The zero-order valence-corrected chi connectivity index (χ0v) is 13.4. The van der Waals surface area contributed by atoms with Crippen molar-refractivity contribution in [1.82, 2.24) is 0 Å². The molecule has 0 saturated carbocycles. The maximum Gasteiger partial charge on any atom is 0.310 e. The van der Waals surface area contributed by atoms with Crippen LogP contribution in [0.3, 0.4) is 0 Å². The van der Waals surface area contributed by atoms with Crippen molar-refractivity contribution in [2.45, 2.75) is 31.1 Å². The molecule has 0 unspecified atom stereocenters. The Bertz CT molecular complexity index is 770. The zero-order chi connectivity index (χ0) is 17.1. The van der Waals surface area contributed by atoms with Crippen LogP contribution >= 0.6 is 0 Å². The van der Waals surface area contributed by atoms with Gasteiger partial charge < -0.3 is 14.7 Å². The third-order valence-corrected chi connectivity index (χ3v) is 5.47. The summed E-state index contributed by atoms with van der Waals surface area (Å²) in [5.41, 5.74) is 0.908. The second kappa shape index (κ2) is 5.05. The van der Waals surface area contributed by atoms with E-state index in [1.807, 2.05) is 37.3 Å². The number of fused-ring (bicyclic) bond motifs is 1. The molecular formula is C19H19NO4. The smallest absolute Gasteiger partial charge is 0.310 e. The van der Waals surface area contributed by atoms with Gasteiger partial charge in [-0.3, -0.25) is 9.59 Å². The molecule has 2 fully saturated rings. The second-order valence-corrected chi connectivity index (χ2v) is 6.67. The van der Waals surface area contributed by atoms with Gasteiger partial charge in [0.05, 0.1) is 18.1 Å². The van der Waals surface area contributed by atoms with Crippen LogP contribution in [0.15, 0.2) is 49.1 Å². The van der Waals surface area contributed by atoms with Crippen LogP contribution in [0, 0.1) is 18.8 Å². The molecule has 3 heterocycles. The van der Waals surface area contributed by atoms with Crippen molar-refractivity contribution in [3.63, 3.8) is 0 Å². The molecule has 2 saturated heterocycles. The van der Waals surface area contributed by atoms with Crippen LogP contribution in [0.25, 0.3) is 0 Å². The number of aliphatic carboxylic acids is 1. The van der Waals surface area contributed by atoms with Crippen LogP contribution in [0.4, 0.5) is 5.69 Å². The van der Waals surface area contributed by atoms with Crippen molar-refractivity contribution >= 4 is 17.6 Å². The van der Waals surface area contributed by atoms with E-state index < -0.39 is 29.5 Å². The van der Waals surface area contributed by atoms with Gasteiger partial charge >= 0.3 is 5.97 Å². The number of carbonyl (C=O) groups excluding carboxylic acids is 1. The van der Waals surface area contributed by atoms with Crippen molar-refractivity contribution < 1.29 is 19.4 Å². The van der Waals surface area contributed by atoms with E-state index in [-0.39, 0.29) is 11.9 Å². The molecule has 0 radical (unpaired) electrons. The Hall–Kier alpha value is -2.40. The average molecular weight is 325 g/mol. The van der Waals surface area contributed by atoms with Gasteiger partial charge in [0.2, 0.25) is 5.91 Å². The van der Waals surface area contributed by atoms with Gasteiger partial charge in [0, 0.05) is 5.69 Å². The van der Waals surface area contributed by atoms with Crippen LogP contribution in [-0.4, -0.2) is 34.7 Å². The lowest BCUT2D eigenvalue weighted by molar-refractivity contribution is -0.146. The lowest BCUT2D eigenvalue weighted by Crippen LogP contribution is -2.45. The summed E-state index contributed by atoms with van der Waals surface area (Å²) in [6.45, 7) is 5.76. The van der Waals surface area contributed by atoms with E-state index in [0.29, 0.717) is 6.42 Å². The number of carbonyl (C=O) groups is 2. The van der Waals surface area contributed by atoms with Gasteiger partial charge in [-0.1, -0.05) is 36.4 Å². The van der Waals surface area contributed by atoms with Crippen LogP contribution in [0.2, 0.25) is 0 Å². The van der Waals surface area contributed by atoms with Gasteiger partial charge in [-0.15, -0.1) is 6.58 Å². The van der Waals surface area contributed by atoms with E-state index in [1.54, 1.807) is 17.1 Å². The Balaban J connectivity index is 1.87. The summed E-state index contributed by atoms with van der Waals surface area (Å²) in [6, 6.07) is 7.37. The molecular weight excluding hydrogens is 306 g/mol. The fraction of sp³-hybridized carbons (Fsp3) is 0.368. The van der Waals surface area contributed by atoms with Crippen molar-refractivity contribution in [1.29, 1.82) is 0 Å². The Labute approximate surface area is 140 Å². The van der Waals surface area contributed by atoms with Gasteiger partial charge in [0.1, 0.15) is 11.5 Å². The van der Waals surface area contributed by atoms with Gasteiger partial charge in [-0.05, 0) is 25.0 Å².